The van der Waals surface area contributed by atoms with E-state index in [-0.39, 0.29) is 23.1 Å². The molecular formula is C20H16F3N5O2S. The van der Waals surface area contributed by atoms with E-state index in [1.807, 2.05) is 0 Å². The standard InChI is InChI=1S/C20H16F3N5O2S/c1-11-8-15(30-26-11)14-4-2-6-27(14)19(29)13-10-18-24-12(16-5-3-7-31-16)9-17(20(21,22)23)28(18)25-13/h3,5,7-10,14H,2,4,6H2,1H3/t14-/m0/s1. The third-order valence-corrected chi connectivity index (χ3v) is 6.09. The van der Waals surface area contributed by atoms with E-state index in [1.54, 1.807) is 35.4 Å². The van der Waals surface area contributed by atoms with Gasteiger partial charge in [-0.05, 0) is 37.3 Å². The van der Waals surface area contributed by atoms with Crippen LogP contribution in [0.25, 0.3) is 16.2 Å². The number of thiophene rings is 1. The molecule has 1 aliphatic heterocycles. The summed E-state index contributed by atoms with van der Waals surface area (Å²) in [6.45, 7) is 2.24. The lowest BCUT2D eigenvalue weighted by molar-refractivity contribution is -0.142. The number of aromatic nitrogens is 4. The highest BCUT2D eigenvalue weighted by atomic mass is 32.1. The van der Waals surface area contributed by atoms with Crippen molar-refractivity contribution in [2.75, 3.05) is 6.54 Å². The SMILES string of the molecule is Cc1cc([C@@H]2CCCN2C(=O)c2cc3nc(-c4cccs4)cc(C(F)(F)F)n3n2)on1. The van der Waals surface area contributed by atoms with E-state index in [4.69, 9.17) is 4.52 Å². The van der Waals surface area contributed by atoms with Crippen LogP contribution < -0.4 is 0 Å². The number of halogens is 3. The fraction of sp³-hybridized carbons (Fsp3) is 0.300. The molecule has 0 unspecified atom stereocenters. The van der Waals surface area contributed by atoms with E-state index in [0.717, 1.165) is 12.5 Å². The predicted octanol–water partition coefficient (Wildman–Crippen LogP) is 4.75. The van der Waals surface area contributed by atoms with Crippen LogP contribution in [0.1, 0.15) is 46.5 Å². The molecule has 0 saturated carbocycles. The zero-order chi connectivity index (χ0) is 21.8. The molecule has 0 aromatic carbocycles. The molecule has 0 spiro atoms. The maximum atomic E-state index is 13.7. The maximum absolute atomic E-state index is 13.7. The second kappa shape index (κ2) is 7.19. The zero-order valence-electron chi connectivity index (χ0n) is 16.3. The smallest absolute Gasteiger partial charge is 0.359 e. The first-order valence-corrected chi connectivity index (χ1v) is 10.5. The summed E-state index contributed by atoms with van der Waals surface area (Å²) in [7, 11) is 0. The summed E-state index contributed by atoms with van der Waals surface area (Å²) in [5.74, 6) is 0.0917. The molecule has 1 saturated heterocycles. The molecule has 5 heterocycles. The van der Waals surface area contributed by atoms with Gasteiger partial charge in [0.15, 0.2) is 22.8 Å². The molecule has 1 amide bonds. The molecule has 4 aromatic heterocycles. The highest BCUT2D eigenvalue weighted by Gasteiger charge is 2.37. The lowest BCUT2D eigenvalue weighted by atomic mass is 10.1. The third kappa shape index (κ3) is 3.48. The molecule has 0 bridgehead atoms. The maximum Gasteiger partial charge on any atom is 0.433 e. The Morgan fingerprint density at radius 1 is 1.29 bits per heavy atom. The van der Waals surface area contributed by atoms with Gasteiger partial charge in [0.05, 0.1) is 22.3 Å². The average molecular weight is 447 g/mol. The molecule has 11 heteroatoms. The Hall–Kier alpha value is -3.21. The van der Waals surface area contributed by atoms with Gasteiger partial charge >= 0.3 is 6.18 Å². The van der Waals surface area contributed by atoms with Gasteiger partial charge in [-0.25, -0.2) is 9.50 Å². The van der Waals surface area contributed by atoms with Crippen molar-refractivity contribution >= 4 is 22.9 Å². The van der Waals surface area contributed by atoms with E-state index >= 15 is 0 Å². The van der Waals surface area contributed by atoms with Crippen molar-refractivity contribution < 1.29 is 22.5 Å². The molecule has 31 heavy (non-hydrogen) atoms. The Bertz CT molecular complexity index is 1260. The third-order valence-electron chi connectivity index (χ3n) is 5.20. The minimum atomic E-state index is -4.66. The predicted molar refractivity (Wildman–Crippen MR) is 106 cm³/mol. The first-order valence-electron chi connectivity index (χ1n) is 9.57. The Morgan fingerprint density at radius 3 is 2.81 bits per heavy atom. The normalized spacial score (nSPS) is 17.0. The fourth-order valence-electron chi connectivity index (χ4n) is 3.82. The number of rotatable bonds is 3. The van der Waals surface area contributed by atoms with E-state index in [0.29, 0.717) is 33.8 Å². The number of carbonyl (C=O) groups excluding carboxylic acids is 1. The molecule has 0 radical (unpaired) electrons. The van der Waals surface area contributed by atoms with Crippen LogP contribution in [-0.2, 0) is 6.18 Å². The Balaban J connectivity index is 1.57. The summed E-state index contributed by atoms with van der Waals surface area (Å²) >= 11 is 1.29. The van der Waals surface area contributed by atoms with Gasteiger partial charge < -0.3 is 9.42 Å². The molecule has 1 aliphatic rings. The van der Waals surface area contributed by atoms with Crippen LogP contribution in [0.3, 0.4) is 0 Å². The molecule has 7 nitrogen and oxygen atoms in total. The molecule has 160 valence electrons. The first kappa shape index (κ1) is 19.7. The molecule has 0 N–H and O–H groups in total. The molecule has 4 aromatic rings. The van der Waals surface area contributed by atoms with Crippen LogP contribution in [0.4, 0.5) is 13.2 Å². The van der Waals surface area contributed by atoms with Crippen molar-refractivity contribution in [1.82, 2.24) is 24.7 Å². The summed E-state index contributed by atoms with van der Waals surface area (Å²) < 4.78 is 47.2. The number of aryl methyl sites for hydroxylation is 1. The number of fused-ring (bicyclic) bond motifs is 1. The number of amides is 1. The van der Waals surface area contributed by atoms with Crippen molar-refractivity contribution in [3.63, 3.8) is 0 Å². The molecule has 5 rings (SSSR count). The Labute approximate surface area is 178 Å². The highest BCUT2D eigenvalue weighted by Crippen LogP contribution is 2.35. The van der Waals surface area contributed by atoms with Crippen molar-refractivity contribution in [1.29, 1.82) is 0 Å². The van der Waals surface area contributed by atoms with Gasteiger partial charge in [-0.3, -0.25) is 4.79 Å². The van der Waals surface area contributed by atoms with E-state index in [9.17, 15) is 18.0 Å². The summed E-state index contributed by atoms with van der Waals surface area (Å²) in [6, 6.07) is 7.13. The quantitative estimate of drug-likeness (QED) is 0.453. The summed E-state index contributed by atoms with van der Waals surface area (Å²) in [5.41, 5.74) is -0.229. The van der Waals surface area contributed by atoms with Crippen LogP contribution >= 0.6 is 11.3 Å². The second-order valence-electron chi connectivity index (χ2n) is 7.33. The number of likely N-dealkylation sites (tertiary alicyclic amines) is 1. The highest BCUT2D eigenvalue weighted by molar-refractivity contribution is 7.13. The number of hydrogen-bond donors (Lipinski definition) is 0. The summed E-state index contributed by atoms with van der Waals surface area (Å²) in [6.07, 6.45) is -3.23. The lowest BCUT2D eigenvalue weighted by Gasteiger charge is -2.21. The second-order valence-corrected chi connectivity index (χ2v) is 8.28. The summed E-state index contributed by atoms with van der Waals surface area (Å²) in [5, 5.41) is 9.61. The molecule has 1 atom stereocenters. The van der Waals surface area contributed by atoms with Crippen molar-refractivity contribution in [3.05, 3.63) is 58.6 Å². The van der Waals surface area contributed by atoms with Crippen LogP contribution in [0.15, 0.2) is 40.2 Å². The Morgan fingerprint density at radius 2 is 2.13 bits per heavy atom. The van der Waals surface area contributed by atoms with Gasteiger partial charge in [-0.2, -0.15) is 18.3 Å². The number of nitrogens with zero attached hydrogens (tertiary/aromatic N) is 5. The molecule has 0 aliphatic carbocycles. The minimum Gasteiger partial charge on any atom is -0.359 e. The van der Waals surface area contributed by atoms with Crippen LogP contribution in [-0.4, -0.2) is 37.1 Å². The van der Waals surface area contributed by atoms with Crippen molar-refractivity contribution in [2.24, 2.45) is 0 Å². The van der Waals surface area contributed by atoms with Gasteiger partial charge in [0, 0.05) is 18.7 Å². The number of hydrogen-bond acceptors (Lipinski definition) is 6. The van der Waals surface area contributed by atoms with E-state index < -0.39 is 17.8 Å². The first-order chi connectivity index (χ1) is 14.8. The Kier molecular flexibility index (Phi) is 4.58. The zero-order valence-corrected chi connectivity index (χ0v) is 17.1. The molecular weight excluding hydrogens is 431 g/mol. The largest absolute Gasteiger partial charge is 0.433 e. The van der Waals surface area contributed by atoms with E-state index in [2.05, 4.69) is 15.2 Å². The average Bonchev–Trinajstić information content (AvgIpc) is 3.51. The number of alkyl halides is 3. The van der Waals surface area contributed by atoms with Crippen molar-refractivity contribution in [3.8, 4) is 10.6 Å². The number of carbonyl (C=O) groups is 1. The van der Waals surface area contributed by atoms with Gasteiger partial charge in [0.1, 0.15) is 0 Å². The van der Waals surface area contributed by atoms with Gasteiger partial charge in [0.2, 0.25) is 0 Å². The summed E-state index contributed by atoms with van der Waals surface area (Å²) in [4.78, 5) is 19.6. The fourth-order valence-corrected chi connectivity index (χ4v) is 4.51. The van der Waals surface area contributed by atoms with Crippen LogP contribution in [0.2, 0.25) is 0 Å². The van der Waals surface area contributed by atoms with Gasteiger partial charge in [0.25, 0.3) is 5.91 Å². The molecule has 1 fully saturated rings. The topological polar surface area (TPSA) is 76.5 Å². The van der Waals surface area contributed by atoms with Crippen molar-refractivity contribution in [2.45, 2.75) is 32.0 Å². The van der Waals surface area contributed by atoms with Gasteiger partial charge in [-0.1, -0.05) is 11.2 Å². The monoisotopic (exact) mass is 447 g/mol. The van der Waals surface area contributed by atoms with Gasteiger partial charge in [-0.15, -0.1) is 11.3 Å². The lowest BCUT2D eigenvalue weighted by Crippen LogP contribution is -2.30. The van der Waals surface area contributed by atoms with Crippen LogP contribution in [0.5, 0.6) is 0 Å². The van der Waals surface area contributed by atoms with E-state index in [1.165, 1.54) is 17.4 Å². The van der Waals surface area contributed by atoms with Crippen LogP contribution in [0, 0.1) is 6.92 Å². The minimum absolute atomic E-state index is 0.0344.